The van der Waals surface area contributed by atoms with Gasteiger partial charge < -0.3 is 15.4 Å². The maximum atomic E-state index is 13.5. The van der Waals surface area contributed by atoms with Gasteiger partial charge in [-0.15, -0.1) is 0 Å². The minimum atomic E-state index is -0.420. The molecule has 0 aromatic heterocycles. The Balaban J connectivity index is 1.43. The van der Waals surface area contributed by atoms with E-state index >= 15 is 0 Å². The van der Waals surface area contributed by atoms with Crippen LogP contribution in [-0.4, -0.2) is 24.1 Å². The Kier molecular flexibility index (Phi) is 7.32. The molecule has 0 unspecified atom stereocenters. The number of ether oxygens (including phenoxy) is 1. The Morgan fingerprint density at radius 3 is 2.10 bits per heavy atom. The van der Waals surface area contributed by atoms with Crippen LogP contribution in [0.4, 0.5) is 5.69 Å². The third kappa shape index (κ3) is 5.67. The van der Waals surface area contributed by atoms with E-state index in [0.29, 0.717) is 34.2 Å². The predicted molar refractivity (Wildman–Crippen MR) is 160 cm³/mol. The first kappa shape index (κ1) is 28.3. The topological polar surface area (TPSA) is 84.5 Å². The lowest BCUT2D eigenvalue weighted by molar-refractivity contribution is -0.119. The highest BCUT2D eigenvalue weighted by molar-refractivity contribution is 9.10. The van der Waals surface area contributed by atoms with Crippen LogP contribution in [0.15, 0.2) is 63.4 Å². The van der Waals surface area contributed by atoms with Crippen molar-refractivity contribution in [1.82, 2.24) is 5.32 Å². The summed E-state index contributed by atoms with van der Waals surface area (Å²) in [5.41, 5.74) is 6.68. The number of rotatable bonds is 5. The van der Waals surface area contributed by atoms with Gasteiger partial charge in [0.05, 0.1) is 4.47 Å². The minimum Gasteiger partial charge on any atom is -0.483 e. The number of aryl methyl sites for hydroxylation is 2. The van der Waals surface area contributed by atoms with Crippen molar-refractivity contribution in [2.75, 3.05) is 11.9 Å². The third-order valence-corrected chi connectivity index (χ3v) is 8.65. The second kappa shape index (κ2) is 10.3. The Labute approximate surface area is 244 Å². The summed E-state index contributed by atoms with van der Waals surface area (Å²) in [7, 11) is 0. The largest absolute Gasteiger partial charge is 0.483 e. The molecule has 40 heavy (non-hydrogen) atoms. The first-order valence-electron chi connectivity index (χ1n) is 13.8. The summed E-state index contributed by atoms with van der Waals surface area (Å²) in [6, 6.07) is 11.5. The normalized spacial score (nSPS) is 20.1. The number of ketones is 2. The lowest BCUT2D eigenvalue weighted by Crippen LogP contribution is -2.42. The molecule has 210 valence electrons. The van der Waals surface area contributed by atoms with Crippen molar-refractivity contribution in [3.05, 3.63) is 80.1 Å². The zero-order valence-electron chi connectivity index (χ0n) is 24.1. The van der Waals surface area contributed by atoms with Crippen LogP contribution >= 0.6 is 15.9 Å². The molecule has 0 saturated heterocycles. The quantitative estimate of drug-likeness (QED) is 0.382. The molecule has 1 heterocycles. The number of dihydropyridines is 1. The van der Waals surface area contributed by atoms with E-state index in [2.05, 4.69) is 54.3 Å². The number of anilines is 1. The monoisotopic (exact) mass is 604 g/mol. The predicted octanol–water partition coefficient (Wildman–Crippen LogP) is 7.06. The number of benzene rings is 2. The Morgan fingerprint density at radius 2 is 1.52 bits per heavy atom. The highest BCUT2D eigenvalue weighted by Crippen LogP contribution is 2.51. The summed E-state index contributed by atoms with van der Waals surface area (Å²) in [6.07, 6.45) is 2.41. The number of carbonyl (C=O) groups is 3. The Bertz CT molecular complexity index is 1450. The van der Waals surface area contributed by atoms with E-state index < -0.39 is 5.92 Å². The van der Waals surface area contributed by atoms with Crippen molar-refractivity contribution in [1.29, 1.82) is 0 Å². The SMILES string of the molecule is Cc1ccc(C)c(NC(=O)COc2ccc(C3C4=C(CC(C)(C)CC4=O)NC4=C3C(=O)CC(C)(C)C4)cc2Br)c1. The summed E-state index contributed by atoms with van der Waals surface area (Å²) >= 11 is 3.62. The summed E-state index contributed by atoms with van der Waals surface area (Å²) in [6.45, 7) is 12.2. The molecule has 0 spiro atoms. The van der Waals surface area contributed by atoms with Gasteiger partial charge in [-0.05, 0) is 88.3 Å². The molecule has 2 aliphatic carbocycles. The fourth-order valence-electron chi connectivity index (χ4n) is 6.24. The highest BCUT2D eigenvalue weighted by atomic mass is 79.9. The molecule has 0 atom stereocenters. The molecule has 3 aliphatic rings. The van der Waals surface area contributed by atoms with Crippen LogP contribution in [0.3, 0.4) is 0 Å². The van der Waals surface area contributed by atoms with Crippen LogP contribution in [0.1, 0.15) is 76.0 Å². The fourth-order valence-corrected chi connectivity index (χ4v) is 6.75. The van der Waals surface area contributed by atoms with Crippen LogP contribution < -0.4 is 15.4 Å². The molecule has 6 nitrogen and oxygen atoms in total. The molecule has 1 aliphatic heterocycles. The van der Waals surface area contributed by atoms with Crippen LogP contribution in [0, 0.1) is 24.7 Å². The van der Waals surface area contributed by atoms with E-state index in [1.54, 1.807) is 0 Å². The summed E-state index contributed by atoms with van der Waals surface area (Å²) in [5.74, 6) is 0.0271. The number of halogens is 1. The van der Waals surface area contributed by atoms with Gasteiger partial charge in [0.2, 0.25) is 0 Å². The van der Waals surface area contributed by atoms with E-state index in [1.165, 1.54) is 0 Å². The minimum absolute atomic E-state index is 0.0903. The second-order valence-electron chi connectivity index (χ2n) is 13.1. The number of carbonyl (C=O) groups excluding carboxylic acids is 3. The Hall–Kier alpha value is -3.19. The maximum absolute atomic E-state index is 13.5. The zero-order valence-corrected chi connectivity index (χ0v) is 25.7. The molecule has 7 heteroatoms. The molecule has 2 aromatic carbocycles. The highest BCUT2D eigenvalue weighted by Gasteiger charge is 2.46. The van der Waals surface area contributed by atoms with Gasteiger partial charge in [-0.2, -0.15) is 0 Å². The van der Waals surface area contributed by atoms with Crippen molar-refractivity contribution >= 4 is 39.1 Å². The van der Waals surface area contributed by atoms with Crippen molar-refractivity contribution in [2.24, 2.45) is 10.8 Å². The van der Waals surface area contributed by atoms with E-state index in [4.69, 9.17) is 4.74 Å². The first-order valence-corrected chi connectivity index (χ1v) is 14.6. The van der Waals surface area contributed by atoms with Crippen LogP contribution in [-0.2, 0) is 14.4 Å². The van der Waals surface area contributed by atoms with Gasteiger partial charge in [0.1, 0.15) is 5.75 Å². The molecule has 0 saturated carbocycles. The maximum Gasteiger partial charge on any atom is 0.262 e. The van der Waals surface area contributed by atoms with Crippen molar-refractivity contribution in [3.8, 4) is 5.75 Å². The zero-order chi connectivity index (χ0) is 29.0. The number of amides is 1. The molecule has 5 rings (SSSR count). The lowest BCUT2D eigenvalue weighted by atomic mass is 9.64. The summed E-state index contributed by atoms with van der Waals surface area (Å²) in [5, 5.41) is 6.47. The van der Waals surface area contributed by atoms with Crippen molar-refractivity contribution < 1.29 is 19.1 Å². The van der Waals surface area contributed by atoms with E-state index in [9.17, 15) is 14.4 Å². The average molecular weight is 606 g/mol. The molecular formula is C33H37BrN2O4. The molecule has 1 amide bonds. The fraction of sp³-hybridized carbons (Fsp3) is 0.424. The number of hydrogen-bond acceptors (Lipinski definition) is 5. The number of Topliss-reactive ketones (excluding diaryl/α,β-unsaturated/α-hetero) is 2. The van der Waals surface area contributed by atoms with Crippen molar-refractivity contribution in [2.45, 2.75) is 73.1 Å². The van der Waals surface area contributed by atoms with Crippen LogP contribution in [0.5, 0.6) is 5.75 Å². The van der Waals surface area contributed by atoms with Gasteiger partial charge in [0.15, 0.2) is 18.2 Å². The molecular weight excluding hydrogens is 568 g/mol. The number of hydrogen-bond donors (Lipinski definition) is 2. The van der Waals surface area contributed by atoms with Gasteiger partial charge in [-0.1, -0.05) is 45.9 Å². The lowest BCUT2D eigenvalue weighted by Gasteiger charge is -2.44. The average Bonchev–Trinajstić information content (AvgIpc) is 2.82. The van der Waals surface area contributed by atoms with Crippen LogP contribution in [0.25, 0.3) is 0 Å². The summed E-state index contributed by atoms with van der Waals surface area (Å²) < 4.78 is 6.53. The number of allylic oxidation sites excluding steroid dienone is 4. The standard InChI is InChI=1S/C33H37BrN2O4/c1-18-7-8-19(2)22(11-18)36-28(39)17-40-27-10-9-20(12-21(27)34)29-30-23(13-32(3,4)15-25(30)37)35-24-14-33(5,6)16-26(38)31(24)29/h7-12,29,35H,13-17H2,1-6H3,(H,36,39). The van der Waals surface area contributed by atoms with Gasteiger partial charge in [-0.3, -0.25) is 14.4 Å². The molecule has 0 bridgehead atoms. The molecule has 0 radical (unpaired) electrons. The molecule has 2 N–H and O–H groups in total. The van der Waals surface area contributed by atoms with Gasteiger partial charge in [0, 0.05) is 47.0 Å². The van der Waals surface area contributed by atoms with E-state index in [-0.39, 0.29) is 34.9 Å². The van der Waals surface area contributed by atoms with Gasteiger partial charge >= 0.3 is 0 Å². The molecule has 0 fully saturated rings. The second-order valence-corrected chi connectivity index (χ2v) is 13.9. The summed E-state index contributed by atoms with van der Waals surface area (Å²) in [4.78, 5) is 39.7. The first-order chi connectivity index (χ1) is 18.7. The molecule has 2 aromatic rings. The van der Waals surface area contributed by atoms with Gasteiger partial charge in [0.25, 0.3) is 5.91 Å². The van der Waals surface area contributed by atoms with E-state index in [0.717, 1.165) is 46.6 Å². The number of nitrogens with one attached hydrogen (secondary N) is 2. The van der Waals surface area contributed by atoms with E-state index in [1.807, 2.05) is 50.2 Å². The van der Waals surface area contributed by atoms with Gasteiger partial charge in [-0.25, -0.2) is 0 Å². The third-order valence-electron chi connectivity index (χ3n) is 8.03. The van der Waals surface area contributed by atoms with Crippen LogP contribution in [0.2, 0.25) is 0 Å². The Morgan fingerprint density at radius 1 is 0.925 bits per heavy atom. The van der Waals surface area contributed by atoms with Crippen molar-refractivity contribution in [3.63, 3.8) is 0 Å². The smallest absolute Gasteiger partial charge is 0.262 e.